The molecular formula is C21H28N2O3. The fourth-order valence-electron chi connectivity index (χ4n) is 2.87. The van der Waals surface area contributed by atoms with E-state index in [9.17, 15) is 4.79 Å². The molecule has 0 aromatic heterocycles. The largest absolute Gasteiger partial charge is 0.497 e. The molecule has 0 aliphatic carbocycles. The second kappa shape index (κ2) is 9.70. The normalized spacial score (nSPS) is 12.8. The molecule has 2 amide bonds. The third-order valence-corrected chi connectivity index (χ3v) is 4.46. The molecule has 0 aliphatic heterocycles. The molecule has 2 unspecified atom stereocenters. The number of benzene rings is 2. The summed E-state index contributed by atoms with van der Waals surface area (Å²) in [6.45, 7) is 4.10. The predicted octanol–water partition coefficient (Wildman–Crippen LogP) is 4.61. The van der Waals surface area contributed by atoms with Crippen LogP contribution in [0.1, 0.15) is 49.9 Å². The second-order valence-electron chi connectivity index (χ2n) is 6.09. The van der Waals surface area contributed by atoms with Crippen LogP contribution in [0.25, 0.3) is 0 Å². The number of nitrogens with one attached hydrogen (secondary N) is 2. The molecule has 2 N–H and O–H groups in total. The standard InChI is InChI=1S/C21H28N2O3/c1-5-19(15-7-11-17(25-3)12-8-15)22-21(24)23-20(6-2)16-9-13-18(26-4)14-10-16/h7-14,19-20H,5-6H2,1-4H3,(H2,22,23,24). The van der Waals surface area contributed by atoms with E-state index in [1.54, 1.807) is 14.2 Å². The van der Waals surface area contributed by atoms with Crippen molar-refractivity contribution >= 4 is 6.03 Å². The van der Waals surface area contributed by atoms with E-state index in [2.05, 4.69) is 24.5 Å². The summed E-state index contributed by atoms with van der Waals surface area (Å²) in [5, 5.41) is 6.12. The van der Waals surface area contributed by atoms with E-state index in [-0.39, 0.29) is 18.1 Å². The van der Waals surface area contributed by atoms with Gasteiger partial charge in [-0.25, -0.2) is 4.79 Å². The Labute approximate surface area is 155 Å². The van der Waals surface area contributed by atoms with Crippen LogP contribution < -0.4 is 20.1 Å². The Morgan fingerprint density at radius 3 is 1.38 bits per heavy atom. The minimum atomic E-state index is -0.171. The number of methoxy groups -OCH3 is 2. The van der Waals surface area contributed by atoms with Gasteiger partial charge in [0.25, 0.3) is 0 Å². The molecule has 0 bridgehead atoms. The van der Waals surface area contributed by atoms with E-state index >= 15 is 0 Å². The number of hydrogen-bond donors (Lipinski definition) is 2. The zero-order valence-corrected chi connectivity index (χ0v) is 15.9. The van der Waals surface area contributed by atoms with Gasteiger partial charge in [-0.05, 0) is 48.2 Å². The van der Waals surface area contributed by atoms with Gasteiger partial charge in [0, 0.05) is 0 Å². The van der Waals surface area contributed by atoms with Gasteiger partial charge in [0.05, 0.1) is 26.3 Å². The van der Waals surface area contributed by atoms with Crippen LogP contribution in [0, 0.1) is 0 Å². The number of carbonyl (C=O) groups excluding carboxylic acids is 1. The quantitative estimate of drug-likeness (QED) is 0.726. The number of hydrogen-bond acceptors (Lipinski definition) is 3. The minimum Gasteiger partial charge on any atom is -0.497 e. The van der Waals surface area contributed by atoms with E-state index in [1.165, 1.54) is 0 Å². The van der Waals surface area contributed by atoms with Crippen LogP contribution in [0.3, 0.4) is 0 Å². The first-order valence-corrected chi connectivity index (χ1v) is 8.96. The molecule has 0 spiro atoms. The van der Waals surface area contributed by atoms with Crippen LogP contribution in [0.4, 0.5) is 4.79 Å². The Kier molecular flexibility index (Phi) is 7.33. The number of rotatable bonds is 8. The van der Waals surface area contributed by atoms with Crippen molar-refractivity contribution < 1.29 is 14.3 Å². The summed E-state index contributed by atoms with van der Waals surface area (Å²) in [7, 11) is 3.28. The smallest absolute Gasteiger partial charge is 0.315 e. The fourth-order valence-corrected chi connectivity index (χ4v) is 2.87. The number of urea groups is 1. The highest BCUT2D eigenvalue weighted by Gasteiger charge is 2.16. The number of amides is 2. The van der Waals surface area contributed by atoms with Crippen molar-refractivity contribution in [3.8, 4) is 11.5 Å². The summed E-state index contributed by atoms with van der Waals surface area (Å²) in [4.78, 5) is 12.5. The Hall–Kier alpha value is -2.69. The van der Waals surface area contributed by atoms with Gasteiger partial charge in [-0.2, -0.15) is 0 Å². The van der Waals surface area contributed by atoms with Crippen LogP contribution in [0.15, 0.2) is 48.5 Å². The summed E-state index contributed by atoms with van der Waals surface area (Å²) in [5.74, 6) is 1.61. The predicted molar refractivity (Wildman–Crippen MR) is 104 cm³/mol. The first kappa shape index (κ1) is 19.6. The summed E-state index contributed by atoms with van der Waals surface area (Å²) in [6, 6.07) is 15.3. The van der Waals surface area contributed by atoms with Crippen molar-refractivity contribution in [1.82, 2.24) is 10.6 Å². The highest BCUT2D eigenvalue weighted by molar-refractivity contribution is 5.75. The molecule has 140 valence electrons. The van der Waals surface area contributed by atoms with Crippen molar-refractivity contribution in [2.45, 2.75) is 38.8 Å². The first-order chi connectivity index (χ1) is 12.6. The van der Waals surface area contributed by atoms with Gasteiger partial charge in [0.15, 0.2) is 0 Å². The maximum Gasteiger partial charge on any atom is 0.315 e. The van der Waals surface area contributed by atoms with Gasteiger partial charge in [0.1, 0.15) is 11.5 Å². The van der Waals surface area contributed by atoms with E-state index in [0.29, 0.717) is 0 Å². The summed E-state index contributed by atoms with van der Waals surface area (Å²) in [5.41, 5.74) is 2.11. The maximum absolute atomic E-state index is 12.5. The molecule has 26 heavy (non-hydrogen) atoms. The van der Waals surface area contributed by atoms with Crippen LogP contribution in [0.2, 0.25) is 0 Å². The first-order valence-electron chi connectivity index (χ1n) is 8.96. The molecule has 2 aromatic rings. The third kappa shape index (κ3) is 5.15. The molecule has 5 nitrogen and oxygen atoms in total. The summed E-state index contributed by atoms with van der Waals surface area (Å²) in [6.07, 6.45) is 1.61. The molecule has 0 aliphatic rings. The molecule has 0 saturated carbocycles. The van der Waals surface area contributed by atoms with E-state index < -0.39 is 0 Å². The van der Waals surface area contributed by atoms with Crippen molar-refractivity contribution in [1.29, 1.82) is 0 Å². The Balaban J connectivity index is 2.01. The Morgan fingerprint density at radius 1 is 0.769 bits per heavy atom. The van der Waals surface area contributed by atoms with E-state index in [0.717, 1.165) is 35.5 Å². The molecule has 2 atom stereocenters. The lowest BCUT2D eigenvalue weighted by atomic mass is 10.0. The van der Waals surface area contributed by atoms with Crippen LogP contribution in [-0.2, 0) is 0 Å². The molecule has 0 saturated heterocycles. The van der Waals surface area contributed by atoms with Gasteiger partial charge in [0.2, 0.25) is 0 Å². The van der Waals surface area contributed by atoms with Crippen LogP contribution in [-0.4, -0.2) is 20.3 Å². The topological polar surface area (TPSA) is 59.6 Å². The molecule has 5 heteroatoms. The number of carbonyl (C=O) groups is 1. The van der Waals surface area contributed by atoms with Gasteiger partial charge < -0.3 is 20.1 Å². The van der Waals surface area contributed by atoms with E-state index in [1.807, 2.05) is 48.5 Å². The van der Waals surface area contributed by atoms with Crippen LogP contribution >= 0.6 is 0 Å². The third-order valence-electron chi connectivity index (χ3n) is 4.46. The SMILES string of the molecule is CCC(NC(=O)NC(CC)c1ccc(OC)cc1)c1ccc(OC)cc1. The monoisotopic (exact) mass is 356 g/mol. The zero-order chi connectivity index (χ0) is 18.9. The van der Waals surface area contributed by atoms with Crippen LogP contribution in [0.5, 0.6) is 11.5 Å². The summed E-state index contributed by atoms with van der Waals surface area (Å²) < 4.78 is 10.4. The highest BCUT2D eigenvalue weighted by atomic mass is 16.5. The molecule has 2 aromatic carbocycles. The zero-order valence-electron chi connectivity index (χ0n) is 15.9. The molecular weight excluding hydrogens is 328 g/mol. The summed E-state index contributed by atoms with van der Waals surface area (Å²) >= 11 is 0. The Bertz CT molecular complexity index is 624. The molecule has 0 fully saturated rings. The Morgan fingerprint density at radius 2 is 1.12 bits per heavy atom. The van der Waals surface area contributed by atoms with Crippen molar-refractivity contribution in [2.24, 2.45) is 0 Å². The minimum absolute atomic E-state index is 0.0470. The van der Waals surface area contributed by atoms with Crippen molar-refractivity contribution in [2.75, 3.05) is 14.2 Å². The highest BCUT2D eigenvalue weighted by Crippen LogP contribution is 2.22. The lowest BCUT2D eigenvalue weighted by Crippen LogP contribution is -2.39. The number of ether oxygens (including phenoxy) is 2. The average Bonchev–Trinajstić information content (AvgIpc) is 2.70. The fraction of sp³-hybridized carbons (Fsp3) is 0.381. The van der Waals surface area contributed by atoms with Gasteiger partial charge in [-0.15, -0.1) is 0 Å². The molecule has 0 heterocycles. The molecule has 0 radical (unpaired) electrons. The average molecular weight is 356 g/mol. The van der Waals surface area contributed by atoms with Crippen molar-refractivity contribution in [3.05, 3.63) is 59.7 Å². The second-order valence-corrected chi connectivity index (χ2v) is 6.09. The lowest BCUT2D eigenvalue weighted by Gasteiger charge is -2.22. The van der Waals surface area contributed by atoms with Gasteiger partial charge >= 0.3 is 6.03 Å². The maximum atomic E-state index is 12.5. The lowest BCUT2D eigenvalue weighted by molar-refractivity contribution is 0.232. The molecule has 2 rings (SSSR count). The van der Waals surface area contributed by atoms with Crippen molar-refractivity contribution in [3.63, 3.8) is 0 Å². The van der Waals surface area contributed by atoms with E-state index in [4.69, 9.17) is 9.47 Å². The van der Waals surface area contributed by atoms with Gasteiger partial charge in [-0.1, -0.05) is 38.1 Å². The van der Waals surface area contributed by atoms with Gasteiger partial charge in [-0.3, -0.25) is 0 Å².